The van der Waals surface area contributed by atoms with Crippen molar-refractivity contribution in [3.8, 4) is 0 Å². The molecule has 0 unspecified atom stereocenters. The molecule has 7 heteroatoms. The first-order chi connectivity index (χ1) is 14.7. The van der Waals surface area contributed by atoms with Gasteiger partial charge in [-0.15, -0.1) is 0 Å². The van der Waals surface area contributed by atoms with Crippen LogP contribution in [-0.2, 0) is 9.53 Å². The van der Waals surface area contributed by atoms with Gasteiger partial charge in [0.15, 0.2) is 0 Å². The lowest BCUT2D eigenvalue weighted by Crippen LogP contribution is -2.49. The fourth-order valence-electron chi connectivity index (χ4n) is 4.85. The standard InChI is InChI=1S/C23H35N5O2/c1-26(12-5-17-30-2)19-10-15-27(16-11-19)22(29)18-8-13-28(14-9-18)23-24-20-6-3-4-7-21(20)25-23/h3-4,6-7,18-19H,5,8-17H2,1-2H3,(H,24,25). The van der Waals surface area contributed by atoms with Crippen molar-refractivity contribution in [3.63, 3.8) is 0 Å². The molecule has 0 spiro atoms. The van der Waals surface area contributed by atoms with E-state index >= 15 is 0 Å². The molecule has 2 aliphatic heterocycles. The number of hydrogen-bond donors (Lipinski definition) is 1. The minimum absolute atomic E-state index is 0.154. The Morgan fingerprint density at radius 2 is 1.90 bits per heavy atom. The number of ether oxygens (including phenoxy) is 1. The second-order valence-corrected chi connectivity index (χ2v) is 8.72. The first kappa shape index (κ1) is 21.1. The van der Waals surface area contributed by atoms with Crippen molar-refractivity contribution in [2.24, 2.45) is 5.92 Å². The first-order valence-corrected chi connectivity index (χ1v) is 11.3. The summed E-state index contributed by atoms with van der Waals surface area (Å²) in [6.45, 7) is 5.43. The van der Waals surface area contributed by atoms with Crippen molar-refractivity contribution in [1.29, 1.82) is 0 Å². The molecule has 0 atom stereocenters. The zero-order valence-electron chi connectivity index (χ0n) is 18.3. The van der Waals surface area contributed by atoms with Crippen molar-refractivity contribution in [3.05, 3.63) is 24.3 Å². The zero-order valence-corrected chi connectivity index (χ0v) is 18.3. The summed E-state index contributed by atoms with van der Waals surface area (Å²) in [7, 11) is 3.96. The molecular formula is C23H35N5O2. The van der Waals surface area contributed by atoms with Gasteiger partial charge in [-0.3, -0.25) is 4.79 Å². The predicted octanol–water partition coefficient (Wildman–Crippen LogP) is 2.74. The van der Waals surface area contributed by atoms with E-state index in [2.05, 4.69) is 32.8 Å². The fourth-order valence-corrected chi connectivity index (χ4v) is 4.85. The number of nitrogens with zero attached hydrogens (tertiary/aromatic N) is 4. The van der Waals surface area contributed by atoms with Gasteiger partial charge in [0, 0.05) is 58.4 Å². The normalized spacial score (nSPS) is 19.2. The van der Waals surface area contributed by atoms with Gasteiger partial charge in [0.2, 0.25) is 11.9 Å². The van der Waals surface area contributed by atoms with Gasteiger partial charge < -0.3 is 24.4 Å². The van der Waals surface area contributed by atoms with Gasteiger partial charge in [-0.25, -0.2) is 4.98 Å². The number of likely N-dealkylation sites (tertiary alicyclic amines) is 1. The zero-order chi connectivity index (χ0) is 20.9. The van der Waals surface area contributed by atoms with E-state index in [9.17, 15) is 4.79 Å². The number of methoxy groups -OCH3 is 1. The number of anilines is 1. The number of carbonyl (C=O) groups is 1. The number of nitrogens with one attached hydrogen (secondary N) is 1. The van der Waals surface area contributed by atoms with E-state index in [0.29, 0.717) is 11.9 Å². The van der Waals surface area contributed by atoms with Crippen LogP contribution in [0.4, 0.5) is 5.95 Å². The molecule has 1 aromatic heterocycles. The fraction of sp³-hybridized carbons (Fsp3) is 0.652. The molecule has 2 fully saturated rings. The van der Waals surface area contributed by atoms with E-state index in [-0.39, 0.29) is 5.92 Å². The Hall–Kier alpha value is -2.12. The number of imidazole rings is 1. The third-order valence-corrected chi connectivity index (χ3v) is 6.78. The number of fused-ring (bicyclic) bond motifs is 1. The quantitative estimate of drug-likeness (QED) is 0.707. The molecule has 7 nitrogen and oxygen atoms in total. The van der Waals surface area contributed by atoms with Crippen LogP contribution in [0.15, 0.2) is 24.3 Å². The third-order valence-electron chi connectivity index (χ3n) is 6.78. The minimum Gasteiger partial charge on any atom is -0.385 e. The number of aromatic nitrogens is 2. The summed E-state index contributed by atoms with van der Waals surface area (Å²) in [5, 5.41) is 0. The van der Waals surface area contributed by atoms with Crippen LogP contribution < -0.4 is 4.90 Å². The average Bonchev–Trinajstić information content (AvgIpc) is 3.23. The Balaban J connectivity index is 1.24. The van der Waals surface area contributed by atoms with Crippen LogP contribution in [0.5, 0.6) is 0 Å². The molecule has 1 N–H and O–H groups in total. The maximum atomic E-state index is 13.1. The van der Waals surface area contributed by atoms with Crippen LogP contribution in [0, 0.1) is 5.92 Å². The second kappa shape index (κ2) is 9.79. The maximum Gasteiger partial charge on any atom is 0.225 e. The molecule has 30 heavy (non-hydrogen) atoms. The predicted molar refractivity (Wildman–Crippen MR) is 120 cm³/mol. The number of benzene rings is 1. The molecule has 4 rings (SSSR count). The number of aromatic amines is 1. The van der Waals surface area contributed by atoms with Gasteiger partial charge in [-0.2, -0.15) is 0 Å². The van der Waals surface area contributed by atoms with Crippen molar-refractivity contribution in [1.82, 2.24) is 19.8 Å². The molecule has 1 amide bonds. The summed E-state index contributed by atoms with van der Waals surface area (Å²) in [4.78, 5) is 28.0. The van der Waals surface area contributed by atoms with Crippen molar-refractivity contribution in [2.75, 3.05) is 58.4 Å². The van der Waals surface area contributed by atoms with Crippen LogP contribution in [0.25, 0.3) is 11.0 Å². The molecule has 3 heterocycles. The molecule has 2 aliphatic rings. The highest BCUT2D eigenvalue weighted by atomic mass is 16.5. The number of carbonyl (C=O) groups excluding carboxylic acids is 1. The Morgan fingerprint density at radius 1 is 1.17 bits per heavy atom. The van der Waals surface area contributed by atoms with Crippen LogP contribution in [0.1, 0.15) is 32.1 Å². The number of H-pyrrole nitrogens is 1. The van der Waals surface area contributed by atoms with Gasteiger partial charge in [0.1, 0.15) is 0 Å². The Bertz CT molecular complexity index is 789. The van der Waals surface area contributed by atoms with E-state index < -0.39 is 0 Å². The molecule has 2 saturated heterocycles. The Morgan fingerprint density at radius 3 is 2.60 bits per heavy atom. The molecule has 0 bridgehead atoms. The summed E-state index contributed by atoms with van der Waals surface area (Å²) >= 11 is 0. The highest BCUT2D eigenvalue weighted by molar-refractivity contribution is 5.80. The lowest BCUT2D eigenvalue weighted by Gasteiger charge is -2.39. The Kier molecular flexibility index (Phi) is 6.89. The van der Waals surface area contributed by atoms with E-state index in [1.165, 1.54) is 0 Å². The van der Waals surface area contributed by atoms with E-state index in [0.717, 1.165) is 88.4 Å². The molecule has 0 radical (unpaired) electrons. The monoisotopic (exact) mass is 413 g/mol. The average molecular weight is 414 g/mol. The molecule has 2 aromatic rings. The van der Waals surface area contributed by atoms with Crippen molar-refractivity contribution >= 4 is 22.9 Å². The van der Waals surface area contributed by atoms with Gasteiger partial charge in [0.05, 0.1) is 11.0 Å². The smallest absolute Gasteiger partial charge is 0.225 e. The van der Waals surface area contributed by atoms with Gasteiger partial charge in [-0.05, 0) is 51.3 Å². The highest BCUT2D eigenvalue weighted by Crippen LogP contribution is 2.26. The number of hydrogen-bond acceptors (Lipinski definition) is 5. The van der Waals surface area contributed by atoms with E-state index in [4.69, 9.17) is 9.72 Å². The topological polar surface area (TPSA) is 64.7 Å². The van der Waals surface area contributed by atoms with Crippen molar-refractivity contribution in [2.45, 2.75) is 38.1 Å². The summed E-state index contributed by atoms with van der Waals surface area (Å²) in [5.74, 6) is 1.45. The van der Waals surface area contributed by atoms with Crippen LogP contribution in [-0.4, -0.2) is 85.2 Å². The number of piperidine rings is 2. The number of para-hydroxylation sites is 2. The van der Waals surface area contributed by atoms with Gasteiger partial charge in [0.25, 0.3) is 0 Å². The summed E-state index contributed by atoms with van der Waals surface area (Å²) in [5.41, 5.74) is 2.07. The number of amides is 1. The SMILES string of the molecule is COCCCN(C)C1CCN(C(=O)C2CCN(c3nc4ccccc4[nH]3)CC2)CC1. The summed E-state index contributed by atoms with van der Waals surface area (Å²) < 4.78 is 5.16. The van der Waals surface area contributed by atoms with E-state index in [1.807, 2.05) is 18.2 Å². The lowest BCUT2D eigenvalue weighted by molar-refractivity contribution is -0.137. The third kappa shape index (κ3) is 4.78. The van der Waals surface area contributed by atoms with E-state index in [1.54, 1.807) is 7.11 Å². The minimum atomic E-state index is 0.154. The lowest BCUT2D eigenvalue weighted by atomic mass is 9.93. The van der Waals surface area contributed by atoms with Crippen LogP contribution >= 0.6 is 0 Å². The summed E-state index contributed by atoms with van der Waals surface area (Å²) in [6.07, 6.45) is 5.04. The second-order valence-electron chi connectivity index (χ2n) is 8.72. The Labute approximate surface area is 179 Å². The van der Waals surface area contributed by atoms with Gasteiger partial charge >= 0.3 is 0 Å². The molecule has 1 aromatic carbocycles. The van der Waals surface area contributed by atoms with Gasteiger partial charge in [-0.1, -0.05) is 12.1 Å². The highest BCUT2D eigenvalue weighted by Gasteiger charge is 2.32. The van der Waals surface area contributed by atoms with Crippen LogP contribution in [0.3, 0.4) is 0 Å². The largest absolute Gasteiger partial charge is 0.385 e. The van der Waals surface area contributed by atoms with Crippen molar-refractivity contribution < 1.29 is 9.53 Å². The summed E-state index contributed by atoms with van der Waals surface area (Å²) in [6, 6.07) is 8.71. The molecule has 0 saturated carbocycles. The van der Waals surface area contributed by atoms with Crippen LogP contribution in [0.2, 0.25) is 0 Å². The first-order valence-electron chi connectivity index (χ1n) is 11.3. The maximum absolute atomic E-state index is 13.1. The molecule has 164 valence electrons. The number of rotatable bonds is 7. The molecule has 0 aliphatic carbocycles. The molecular weight excluding hydrogens is 378 g/mol.